The van der Waals surface area contributed by atoms with Gasteiger partial charge in [-0.2, -0.15) is 0 Å². The van der Waals surface area contributed by atoms with Crippen LogP contribution in [0.1, 0.15) is 60.8 Å². The zero-order valence-electron chi connectivity index (χ0n) is 21.2. The monoisotopic (exact) mass is 492 g/mol. The fourth-order valence-corrected chi connectivity index (χ4v) is 8.59. The second-order valence-electron chi connectivity index (χ2n) is 12.0. The molecule has 4 fully saturated rings. The first kappa shape index (κ1) is 24.8. The molecule has 3 saturated carbocycles. The number of ether oxygens (including phenoxy) is 3. The molecule has 4 aliphatic carbocycles. The normalized spacial score (nSPS) is 49.4. The standard InChI is InChI=1S/C27H34F2O6/c1-14-12-25(6)17(11-22-27(25,35-23(3,4)34-22)21(32)13-33-15(2)30)18-10-20(28)19-9-16(31)7-8-24(19,5)26(14,18)29/h7-9,14,17-18,20,22H,10-13H2,1-6H3/t14-,17-,18-,20-,22+,24-,25-,26+,27+/m0/s1. The first-order valence-electron chi connectivity index (χ1n) is 12.5. The van der Waals surface area contributed by atoms with Crippen LogP contribution in [0.15, 0.2) is 23.8 Å². The van der Waals surface area contributed by atoms with Crippen LogP contribution in [0.5, 0.6) is 0 Å². The SMILES string of the molecule is CC(=O)OCC(=O)[C@@]12OC(C)(C)O[C@@H]1C[C@H]1[C@@H]3C[C@H](F)C4=CC(=O)C=C[C@]4(C)[C@@]3(F)[C@@H](C)C[C@@]12C. The van der Waals surface area contributed by atoms with Crippen LogP contribution in [0.4, 0.5) is 8.78 Å². The van der Waals surface area contributed by atoms with Gasteiger partial charge < -0.3 is 14.2 Å². The Bertz CT molecular complexity index is 1070. The molecular weight excluding hydrogens is 458 g/mol. The number of halogens is 2. The highest BCUT2D eigenvalue weighted by Gasteiger charge is 2.80. The van der Waals surface area contributed by atoms with Gasteiger partial charge in [0.1, 0.15) is 11.8 Å². The minimum absolute atomic E-state index is 0.0754. The van der Waals surface area contributed by atoms with Crippen molar-refractivity contribution in [3.8, 4) is 0 Å². The van der Waals surface area contributed by atoms with E-state index in [-0.39, 0.29) is 17.8 Å². The van der Waals surface area contributed by atoms with Gasteiger partial charge in [0.05, 0.1) is 6.10 Å². The van der Waals surface area contributed by atoms with E-state index >= 15 is 8.78 Å². The summed E-state index contributed by atoms with van der Waals surface area (Å²) in [6.45, 7) is 9.65. The molecule has 0 N–H and O–H groups in total. The van der Waals surface area contributed by atoms with Crippen molar-refractivity contribution in [1.82, 2.24) is 0 Å². The number of hydrogen-bond acceptors (Lipinski definition) is 6. The van der Waals surface area contributed by atoms with Crippen LogP contribution in [0.3, 0.4) is 0 Å². The van der Waals surface area contributed by atoms with Gasteiger partial charge in [-0.25, -0.2) is 8.78 Å². The van der Waals surface area contributed by atoms with Crippen molar-refractivity contribution in [2.45, 2.75) is 90.1 Å². The number of alkyl halides is 2. The summed E-state index contributed by atoms with van der Waals surface area (Å²) in [5, 5.41) is 0. The minimum Gasteiger partial charge on any atom is -0.458 e. The van der Waals surface area contributed by atoms with Crippen LogP contribution in [0, 0.1) is 28.6 Å². The molecule has 0 amide bonds. The van der Waals surface area contributed by atoms with E-state index in [1.54, 1.807) is 27.7 Å². The van der Waals surface area contributed by atoms with Crippen molar-refractivity contribution in [2.24, 2.45) is 28.6 Å². The summed E-state index contributed by atoms with van der Waals surface area (Å²) in [5.41, 5.74) is -5.19. The third kappa shape index (κ3) is 2.95. The van der Waals surface area contributed by atoms with Gasteiger partial charge in [-0.05, 0) is 69.6 Å². The summed E-state index contributed by atoms with van der Waals surface area (Å²) in [6, 6.07) is 0. The molecule has 5 rings (SSSR count). The number of carbonyl (C=O) groups is 3. The molecule has 0 spiro atoms. The maximum absolute atomic E-state index is 17.5. The third-order valence-electron chi connectivity index (χ3n) is 9.79. The van der Waals surface area contributed by atoms with E-state index in [9.17, 15) is 14.4 Å². The molecule has 0 bridgehead atoms. The van der Waals surface area contributed by atoms with E-state index in [1.807, 2.05) is 6.92 Å². The molecular formula is C27H34F2O6. The molecule has 0 aromatic rings. The highest BCUT2D eigenvalue weighted by molar-refractivity contribution is 6.01. The number of hydrogen-bond donors (Lipinski definition) is 0. The predicted molar refractivity (Wildman–Crippen MR) is 122 cm³/mol. The topological polar surface area (TPSA) is 78.9 Å². The quantitative estimate of drug-likeness (QED) is 0.549. The molecule has 1 aliphatic heterocycles. The molecule has 9 atom stereocenters. The van der Waals surface area contributed by atoms with Crippen molar-refractivity contribution in [1.29, 1.82) is 0 Å². The lowest BCUT2D eigenvalue weighted by Gasteiger charge is -2.64. The number of rotatable bonds is 3. The summed E-state index contributed by atoms with van der Waals surface area (Å²) in [7, 11) is 0. The maximum atomic E-state index is 17.5. The molecule has 6 nitrogen and oxygen atoms in total. The summed E-state index contributed by atoms with van der Waals surface area (Å²) in [5.74, 6) is -4.07. The second kappa shape index (κ2) is 7.31. The summed E-state index contributed by atoms with van der Waals surface area (Å²) in [6.07, 6.45) is 2.55. The molecule has 192 valence electrons. The Morgan fingerprint density at radius 3 is 2.51 bits per heavy atom. The van der Waals surface area contributed by atoms with E-state index in [4.69, 9.17) is 14.2 Å². The Labute approximate surface area is 204 Å². The highest BCUT2D eigenvalue weighted by atomic mass is 19.1. The Balaban J connectivity index is 1.62. The zero-order chi connectivity index (χ0) is 25.8. The molecule has 1 saturated heterocycles. The lowest BCUT2D eigenvalue weighted by Crippen LogP contribution is -2.68. The van der Waals surface area contributed by atoms with E-state index in [0.717, 1.165) is 0 Å². The lowest BCUT2D eigenvalue weighted by molar-refractivity contribution is -0.237. The second-order valence-corrected chi connectivity index (χ2v) is 12.0. The Morgan fingerprint density at radius 2 is 1.86 bits per heavy atom. The van der Waals surface area contributed by atoms with Crippen molar-refractivity contribution in [2.75, 3.05) is 6.61 Å². The molecule has 35 heavy (non-hydrogen) atoms. The van der Waals surface area contributed by atoms with Gasteiger partial charge in [0.2, 0.25) is 5.78 Å². The molecule has 0 aromatic carbocycles. The van der Waals surface area contributed by atoms with Crippen molar-refractivity contribution >= 4 is 17.5 Å². The average Bonchev–Trinajstić information content (AvgIpc) is 3.16. The van der Waals surface area contributed by atoms with Crippen LogP contribution in [-0.4, -0.2) is 53.5 Å². The summed E-state index contributed by atoms with van der Waals surface area (Å²) < 4.78 is 50.9. The fraction of sp³-hybridized carbons (Fsp3) is 0.741. The summed E-state index contributed by atoms with van der Waals surface area (Å²) >= 11 is 0. The first-order chi connectivity index (χ1) is 16.1. The molecule has 1 heterocycles. The van der Waals surface area contributed by atoms with E-state index in [2.05, 4.69) is 0 Å². The Hall–Kier alpha value is -1.93. The maximum Gasteiger partial charge on any atom is 0.303 e. The zero-order valence-corrected chi connectivity index (χ0v) is 21.2. The molecule has 8 heteroatoms. The number of allylic oxidation sites excluding steroid dienone is 4. The van der Waals surface area contributed by atoms with E-state index in [0.29, 0.717) is 12.8 Å². The van der Waals surface area contributed by atoms with Gasteiger partial charge in [-0.1, -0.05) is 19.9 Å². The molecule has 0 aromatic heterocycles. The fourth-order valence-electron chi connectivity index (χ4n) is 8.59. The predicted octanol–water partition coefficient (Wildman–Crippen LogP) is 4.21. The van der Waals surface area contributed by atoms with Crippen molar-refractivity contribution in [3.63, 3.8) is 0 Å². The van der Waals surface area contributed by atoms with Crippen LogP contribution < -0.4 is 0 Å². The van der Waals surface area contributed by atoms with Gasteiger partial charge >= 0.3 is 5.97 Å². The summed E-state index contributed by atoms with van der Waals surface area (Å²) in [4.78, 5) is 37.3. The number of carbonyl (C=O) groups excluding carboxylic acids is 3. The van der Waals surface area contributed by atoms with Crippen LogP contribution >= 0.6 is 0 Å². The molecule has 5 aliphatic rings. The van der Waals surface area contributed by atoms with Gasteiger partial charge in [0.15, 0.2) is 23.8 Å². The largest absolute Gasteiger partial charge is 0.458 e. The van der Waals surface area contributed by atoms with Gasteiger partial charge in [0, 0.05) is 23.7 Å². The Morgan fingerprint density at radius 1 is 1.17 bits per heavy atom. The van der Waals surface area contributed by atoms with Crippen LogP contribution in [-0.2, 0) is 28.6 Å². The minimum atomic E-state index is -1.82. The van der Waals surface area contributed by atoms with Crippen molar-refractivity contribution < 1.29 is 37.4 Å². The average molecular weight is 493 g/mol. The van der Waals surface area contributed by atoms with Gasteiger partial charge in [-0.15, -0.1) is 0 Å². The highest BCUT2D eigenvalue weighted by Crippen LogP contribution is 2.73. The number of esters is 1. The van der Waals surface area contributed by atoms with Gasteiger partial charge in [-0.3, -0.25) is 14.4 Å². The first-order valence-corrected chi connectivity index (χ1v) is 12.5. The molecule has 0 radical (unpaired) electrons. The third-order valence-corrected chi connectivity index (χ3v) is 9.79. The smallest absolute Gasteiger partial charge is 0.303 e. The number of ketones is 2. The van der Waals surface area contributed by atoms with Crippen molar-refractivity contribution in [3.05, 3.63) is 23.8 Å². The number of fused-ring (bicyclic) bond motifs is 7. The van der Waals surface area contributed by atoms with E-state index in [1.165, 1.54) is 25.2 Å². The lowest BCUT2D eigenvalue weighted by atomic mass is 9.42. The molecule has 0 unspecified atom stereocenters. The number of Topliss-reactive ketones (excluding diaryl/α,β-unsaturated/α-hetero) is 1. The van der Waals surface area contributed by atoms with E-state index < -0.39 is 76.3 Å². The Kier molecular flexibility index (Phi) is 5.17. The van der Waals surface area contributed by atoms with Gasteiger partial charge in [0.25, 0.3) is 0 Å². The van der Waals surface area contributed by atoms with Crippen LogP contribution in [0.2, 0.25) is 0 Å². The van der Waals surface area contributed by atoms with Crippen LogP contribution in [0.25, 0.3) is 0 Å².